The number of nitrogens with two attached hydrogens (primary N) is 1. The molecular weight excluding hydrogens is 296 g/mol. The van der Waals surface area contributed by atoms with Gasteiger partial charge in [0, 0.05) is 24.4 Å². The lowest BCUT2D eigenvalue weighted by molar-refractivity contribution is 0.422. The highest BCUT2D eigenvalue weighted by Gasteiger charge is 2.27. The molecule has 2 rings (SSSR count). The van der Waals surface area contributed by atoms with Crippen molar-refractivity contribution >= 4 is 0 Å². The first-order chi connectivity index (χ1) is 11.0. The van der Waals surface area contributed by atoms with Crippen molar-refractivity contribution < 1.29 is 5.11 Å². The van der Waals surface area contributed by atoms with Crippen molar-refractivity contribution in [3.63, 3.8) is 0 Å². The zero-order valence-corrected chi connectivity index (χ0v) is 15.7. The molecule has 1 atom stereocenters. The Morgan fingerprint density at radius 3 is 1.96 bits per heavy atom. The number of aromatic hydroxyl groups is 1. The topological polar surface area (TPSA) is 59.1 Å². The third-order valence-electron chi connectivity index (χ3n) is 4.33. The van der Waals surface area contributed by atoms with Gasteiger partial charge < -0.3 is 10.8 Å². The van der Waals surface area contributed by atoms with E-state index in [0.29, 0.717) is 12.2 Å². The van der Waals surface area contributed by atoms with E-state index in [-0.39, 0.29) is 16.9 Å². The van der Waals surface area contributed by atoms with Gasteiger partial charge in [0.1, 0.15) is 5.75 Å². The average Bonchev–Trinajstić information content (AvgIpc) is 2.46. The number of phenols is 1. The molecule has 3 nitrogen and oxygen atoms in total. The molecule has 1 unspecified atom stereocenters. The van der Waals surface area contributed by atoms with E-state index >= 15 is 0 Å². The summed E-state index contributed by atoms with van der Waals surface area (Å²) in [4.78, 5) is 4.37. The Morgan fingerprint density at radius 1 is 1.00 bits per heavy atom. The van der Waals surface area contributed by atoms with Crippen LogP contribution < -0.4 is 5.73 Å². The predicted octanol–water partition coefficient (Wildman–Crippen LogP) is 4.62. The van der Waals surface area contributed by atoms with Gasteiger partial charge in [-0.1, -0.05) is 47.6 Å². The molecule has 1 aromatic carbocycles. The molecule has 0 radical (unpaired) electrons. The van der Waals surface area contributed by atoms with Crippen LogP contribution in [0.25, 0.3) is 0 Å². The third-order valence-corrected chi connectivity index (χ3v) is 4.33. The van der Waals surface area contributed by atoms with Crippen LogP contribution in [0.1, 0.15) is 70.0 Å². The summed E-state index contributed by atoms with van der Waals surface area (Å²) in [6, 6.07) is 9.84. The number of nitrogens with zero attached hydrogens (tertiary/aromatic N) is 1. The average molecular weight is 326 g/mol. The monoisotopic (exact) mass is 326 g/mol. The van der Waals surface area contributed by atoms with Crippen molar-refractivity contribution in [1.29, 1.82) is 0 Å². The van der Waals surface area contributed by atoms with E-state index in [9.17, 15) is 5.11 Å². The molecule has 1 heterocycles. The number of hydrogen-bond donors (Lipinski definition) is 2. The second-order valence-electron chi connectivity index (χ2n) is 8.60. The molecule has 0 aliphatic heterocycles. The summed E-state index contributed by atoms with van der Waals surface area (Å²) in [6.45, 7) is 12.7. The van der Waals surface area contributed by atoms with Gasteiger partial charge >= 0.3 is 0 Å². The first-order valence-electron chi connectivity index (χ1n) is 8.53. The van der Waals surface area contributed by atoms with E-state index in [1.54, 1.807) is 6.20 Å². The van der Waals surface area contributed by atoms with Crippen LogP contribution in [0.2, 0.25) is 0 Å². The molecule has 3 N–H and O–H groups in total. The molecule has 1 aromatic heterocycles. The maximum atomic E-state index is 10.8. The van der Waals surface area contributed by atoms with Gasteiger partial charge in [-0.2, -0.15) is 0 Å². The van der Waals surface area contributed by atoms with Gasteiger partial charge in [-0.05, 0) is 51.8 Å². The van der Waals surface area contributed by atoms with E-state index in [1.807, 2.05) is 18.2 Å². The Kier molecular flexibility index (Phi) is 5.05. The highest BCUT2D eigenvalue weighted by Crippen LogP contribution is 2.40. The van der Waals surface area contributed by atoms with Crippen molar-refractivity contribution in [3.8, 4) is 5.75 Å². The lowest BCUT2D eigenvalue weighted by Gasteiger charge is -2.29. The number of pyridine rings is 1. The smallest absolute Gasteiger partial charge is 0.123 e. The highest BCUT2D eigenvalue weighted by atomic mass is 16.3. The fraction of sp³-hybridized carbons (Fsp3) is 0.476. The standard InChI is InChI=1S/C21H30N2O/c1-20(2,3)16-11-14(12-17(19(16)24)21(4,5)6)18(22)13-15-9-7-8-10-23-15/h7-12,18,24H,13,22H2,1-6H3. The fourth-order valence-corrected chi connectivity index (χ4v) is 2.88. The largest absolute Gasteiger partial charge is 0.507 e. The highest BCUT2D eigenvalue weighted by molar-refractivity contribution is 5.50. The Labute approximate surface area is 145 Å². The van der Waals surface area contributed by atoms with Gasteiger partial charge in [-0.15, -0.1) is 0 Å². The van der Waals surface area contributed by atoms with Gasteiger partial charge in [0.25, 0.3) is 0 Å². The second-order valence-corrected chi connectivity index (χ2v) is 8.60. The maximum Gasteiger partial charge on any atom is 0.123 e. The quantitative estimate of drug-likeness (QED) is 0.865. The van der Waals surface area contributed by atoms with E-state index in [0.717, 1.165) is 22.4 Å². The molecular formula is C21H30N2O. The summed E-state index contributed by atoms with van der Waals surface area (Å²) >= 11 is 0. The van der Waals surface area contributed by atoms with Crippen LogP contribution in [0.15, 0.2) is 36.5 Å². The first kappa shape index (κ1) is 18.5. The van der Waals surface area contributed by atoms with Crippen molar-refractivity contribution in [2.24, 2.45) is 5.73 Å². The SMILES string of the molecule is CC(C)(C)c1cc(C(N)Cc2ccccn2)cc(C(C)(C)C)c1O. The van der Waals surface area contributed by atoms with E-state index in [4.69, 9.17) is 5.73 Å². The number of rotatable bonds is 3. The van der Waals surface area contributed by atoms with Crippen LogP contribution in [-0.4, -0.2) is 10.1 Å². The normalized spacial score (nSPS) is 13.8. The number of hydrogen-bond acceptors (Lipinski definition) is 3. The molecule has 0 fully saturated rings. The molecule has 0 saturated carbocycles. The van der Waals surface area contributed by atoms with Gasteiger partial charge in [0.2, 0.25) is 0 Å². The maximum absolute atomic E-state index is 10.8. The molecule has 0 saturated heterocycles. The molecule has 0 bridgehead atoms. The van der Waals surface area contributed by atoms with Crippen molar-refractivity contribution in [1.82, 2.24) is 4.98 Å². The molecule has 0 aliphatic rings. The van der Waals surface area contributed by atoms with Gasteiger partial charge in [-0.25, -0.2) is 0 Å². The molecule has 3 heteroatoms. The molecule has 0 amide bonds. The minimum atomic E-state index is -0.150. The first-order valence-corrected chi connectivity index (χ1v) is 8.53. The minimum Gasteiger partial charge on any atom is -0.507 e. The van der Waals surface area contributed by atoms with Gasteiger partial charge in [0.05, 0.1) is 0 Å². The molecule has 0 aliphatic carbocycles. The summed E-state index contributed by atoms with van der Waals surface area (Å²) in [5, 5.41) is 10.8. The molecule has 130 valence electrons. The van der Waals surface area contributed by atoms with Crippen LogP contribution in [0.4, 0.5) is 0 Å². The van der Waals surface area contributed by atoms with Gasteiger partial charge in [-0.3, -0.25) is 4.98 Å². The van der Waals surface area contributed by atoms with Crippen molar-refractivity contribution in [2.45, 2.75) is 64.8 Å². The Balaban J connectivity index is 2.50. The Bertz CT molecular complexity index is 659. The number of aromatic nitrogens is 1. The summed E-state index contributed by atoms with van der Waals surface area (Å²) in [7, 11) is 0. The number of phenolic OH excluding ortho intramolecular Hbond substituents is 1. The van der Waals surface area contributed by atoms with E-state index in [2.05, 4.69) is 58.7 Å². The van der Waals surface area contributed by atoms with Crippen LogP contribution in [0.3, 0.4) is 0 Å². The van der Waals surface area contributed by atoms with Crippen LogP contribution >= 0.6 is 0 Å². The zero-order valence-electron chi connectivity index (χ0n) is 15.7. The summed E-state index contributed by atoms with van der Waals surface area (Å²) in [5.74, 6) is 0.392. The fourth-order valence-electron chi connectivity index (χ4n) is 2.88. The minimum absolute atomic E-state index is 0.148. The predicted molar refractivity (Wildman–Crippen MR) is 100 cm³/mol. The van der Waals surface area contributed by atoms with Crippen LogP contribution in [0, 0.1) is 0 Å². The second kappa shape index (κ2) is 6.56. The molecule has 24 heavy (non-hydrogen) atoms. The molecule has 0 spiro atoms. The lowest BCUT2D eigenvalue weighted by atomic mass is 9.77. The van der Waals surface area contributed by atoms with Crippen LogP contribution in [-0.2, 0) is 17.3 Å². The zero-order chi connectivity index (χ0) is 18.1. The van der Waals surface area contributed by atoms with E-state index < -0.39 is 0 Å². The van der Waals surface area contributed by atoms with Crippen molar-refractivity contribution in [2.75, 3.05) is 0 Å². The summed E-state index contributed by atoms with van der Waals surface area (Å²) in [6.07, 6.45) is 2.47. The van der Waals surface area contributed by atoms with Gasteiger partial charge in [0.15, 0.2) is 0 Å². The number of benzene rings is 1. The lowest BCUT2D eigenvalue weighted by Crippen LogP contribution is -2.21. The summed E-state index contributed by atoms with van der Waals surface area (Å²) in [5.41, 5.74) is 10.1. The van der Waals surface area contributed by atoms with Crippen molar-refractivity contribution in [3.05, 3.63) is 58.9 Å². The Morgan fingerprint density at radius 2 is 1.54 bits per heavy atom. The summed E-state index contributed by atoms with van der Waals surface area (Å²) < 4.78 is 0. The third kappa shape index (κ3) is 4.15. The Hall–Kier alpha value is -1.87. The molecule has 2 aromatic rings. The van der Waals surface area contributed by atoms with E-state index in [1.165, 1.54) is 0 Å². The van der Waals surface area contributed by atoms with Crippen LogP contribution in [0.5, 0.6) is 5.75 Å².